The summed E-state index contributed by atoms with van der Waals surface area (Å²) in [5.41, 5.74) is 0.701. The molecule has 5 rings (SSSR count). The average Bonchev–Trinajstić information content (AvgIpc) is 3.41. The van der Waals surface area contributed by atoms with Gasteiger partial charge in [-0.25, -0.2) is 9.78 Å². The molecule has 238 valence electrons. The number of pyridine rings is 2. The molecule has 0 saturated heterocycles. The molecular formula is C38H46N2O5. The highest BCUT2D eigenvalue weighted by Crippen LogP contribution is 2.42. The normalized spacial score (nSPS) is 18.8. The number of aromatic nitrogens is 2. The lowest BCUT2D eigenvalue weighted by molar-refractivity contribution is -0.180. The summed E-state index contributed by atoms with van der Waals surface area (Å²) < 4.78 is 7.14. The number of rotatable bonds is 16. The predicted octanol–water partition coefficient (Wildman–Crippen LogP) is 8.00. The minimum atomic E-state index is -2.00. The summed E-state index contributed by atoms with van der Waals surface area (Å²) in [6.45, 7) is 4.19. The average molecular weight is 611 g/mol. The maximum absolute atomic E-state index is 14.0. The van der Waals surface area contributed by atoms with Gasteiger partial charge in [-0.1, -0.05) is 88.5 Å². The molecule has 0 saturated carbocycles. The van der Waals surface area contributed by atoms with Gasteiger partial charge >= 0.3 is 5.97 Å². The van der Waals surface area contributed by atoms with E-state index in [0.29, 0.717) is 24.4 Å². The zero-order valence-electron chi connectivity index (χ0n) is 26.7. The van der Waals surface area contributed by atoms with Crippen molar-refractivity contribution in [3.8, 4) is 11.4 Å². The van der Waals surface area contributed by atoms with E-state index in [1.807, 2.05) is 30.3 Å². The van der Waals surface area contributed by atoms with Crippen LogP contribution in [0.4, 0.5) is 0 Å². The van der Waals surface area contributed by atoms with Gasteiger partial charge in [-0.15, -0.1) is 0 Å². The number of hydrogen-bond acceptors (Lipinski definition) is 6. The van der Waals surface area contributed by atoms with Crippen LogP contribution in [-0.2, 0) is 26.5 Å². The Bertz CT molecular complexity index is 1650. The predicted molar refractivity (Wildman–Crippen MR) is 178 cm³/mol. The summed E-state index contributed by atoms with van der Waals surface area (Å²) in [6.07, 6.45) is 19.7. The van der Waals surface area contributed by atoms with Crippen LogP contribution in [0.25, 0.3) is 22.3 Å². The van der Waals surface area contributed by atoms with Crippen LogP contribution in [0.15, 0.2) is 65.5 Å². The molecule has 7 heteroatoms. The molecule has 2 aliphatic heterocycles. The molecule has 0 radical (unpaired) electrons. The van der Waals surface area contributed by atoms with Gasteiger partial charge in [0.15, 0.2) is 17.5 Å². The van der Waals surface area contributed by atoms with Crippen LogP contribution in [0, 0.1) is 0 Å². The Kier molecular flexibility index (Phi) is 10.8. The van der Waals surface area contributed by atoms with Crippen molar-refractivity contribution in [3.05, 3.63) is 87.7 Å². The van der Waals surface area contributed by atoms with Crippen molar-refractivity contribution in [2.24, 2.45) is 0 Å². The fourth-order valence-corrected chi connectivity index (χ4v) is 6.46. The monoisotopic (exact) mass is 610 g/mol. The topological polar surface area (TPSA) is 98.5 Å². The van der Waals surface area contributed by atoms with Crippen LogP contribution in [0.5, 0.6) is 0 Å². The zero-order valence-corrected chi connectivity index (χ0v) is 26.7. The number of para-hydroxylation sites is 1. The lowest BCUT2D eigenvalue weighted by atomic mass is 9.82. The summed E-state index contributed by atoms with van der Waals surface area (Å²) >= 11 is 0. The van der Waals surface area contributed by atoms with Crippen molar-refractivity contribution in [3.63, 3.8) is 0 Å². The molecule has 1 unspecified atom stereocenters. The zero-order chi connectivity index (χ0) is 31.8. The molecule has 0 spiro atoms. The van der Waals surface area contributed by atoms with E-state index in [-0.39, 0.29) is 29.8 Å². The van der Waals surface area contributed by atoms with Gasteiger partial charge in [0, 0.05) is 22.9 Å². The van der Waals surface area contributed by atoms with Gasteiger partial charge in [0.1, 0.15) is 0 Å². The van der Waals surface area contributed by atoms with E-state index in [0.717, 1.165) is 55.0 Å². The van der Waals surface area contributed by atoms with Crippen molar-refractivity contribution in [1.82, 2.24) is 9.55 Å². The number of carbonyl (C=O) groups excluding carboxylic acids is 2. The molecule has 7 nitrogen and oxygen atoms in total. The first kappa shape index (κ1) is 32.6. The van der Waals surface area contributed by atoms with Crippen LogP contribution in [0.3, 0.4) is 0 Å². The summed E-state index contributed by atoms with van der Waals surface area (Å²) in [5.74, 6) is -1.18. The molecule has 1 aromatic carbocycles. The van der Waals surface area contributed by atoms with E-state index < -0.39 is 23.2 Å². The minimum Gasteiger partial charge on any atom is -0.447 e. The second-order valence-electron chi connectivity index (χ2n) is 12.4. The number of carbonyl (C=O) groups is 2. The minimum absolute atomic E-state index is 0.0194. The van der Waals surface area contributed by atoms with Gasteiger partial charge in [0.05, 0.1) is 29.0 Å². The summed E-state index contributed by atoms with van der Waals surface area (Å²) in [4.78, 5) is 45.3. The number of ketones is 1. The van der Waals surface area contributed by atoms with E-state index in [1.54, 1.807) is 17.6 Å². The van der Waals surface area contributed by atoms with E-state index in [1.165, 1.54) is 25.7 Å². The van der Waals surface area contributed by atoms with Crippen molar-refractivity contribution in [1.29, 1.82) is 0 Å². The van der Waals surface area contributed by atoms with E-state index in [4.69, 9.17) is 9.72 Å². The number of esters is 1. The number of fused-ring (bicyclic) bond motifs is 5. The third-order valence-electron chi connectivity index (χ3n) is 9.16. The van der Waals surface area contributed by atoms with Gasteiger partial charge in [-0.3, -0.25) is 9.59 Å². The smallest absolute Gasteiger partial charge is 0.343 e. The Labute approximate surface area is 266 Å². The van der Waals surface area contributed by atoms with Crippen molar-refractivity contribution in [2.45, 2.75) is 116 Å². The summed E-state index contributed by atoms with van der Waals surface area (Å²) in [5, 5.41) is 12.4. The fourth-order valence-electron chi connectivity index (χ4n) is 6.46. The van der Waals surface area contributed by atoms with Gasteiger partial charge < -0.3 is 14.4 Å². The Morgan fingerprint density at radius 3 is 2.44 bits per heavy atom. The molecule has 2 aliphatic rings. The van der Waals surface area contributed by atoms with Crippen LogP contribution < -0.4 is 5.56 Å². The maximum Gasteiger partial charge on any atom is 0.343 e. The molecule has 0 aliphatic carbocycles. The highest BCUT2D eigenvalue weighted by molar-refractivity contribution is 5.93. The number of allylic oxidation sites excluding steroid dienone is 4. The van der Waals surface area contributed by atoms with Gasteiger partial charge in [0.2, 0.25) is 0 Å². The highest BCUT2D eigenvalue weighted by atomic mass is 16.6. The van der Waals surface area contributed by atoms with Crippen molar-refractivity contribution < 1.29 is 19.4 Å². The van der Waals surface area contributed by atoms with Gasteiger partial charge in [0.25, 0.3) is 5.56 Å². The number of ether oxygens (including phenoxy) is 1. The van der Waals surface area contributed by atoms with Crippen molar-refractivity contribution in [2.75, 3.05) is 0 Å². The maximum atomic E-state index is 14.0. The second kappa shape index (κ2) is 15.0. The molecule has 3 aromatic rings. The van der Waals surface area contributed by atoms with Crippen LogP contribution in [0.1, 0.15) is 120 Å². The molecular weight excluding hydrogens is 564 g/mol. The number of hydrogen-bond donors (Lipinski definition) is 1. The number of cyclic esters (lactones) is 1. The molecule has 0 fully saturated rings. The molecule has 1 N–H and O–H groups in total. The van der Waals surface area contributed by atoms with Crippen LogP contribution in [-0.4, -0.2) is 26.4 Å². The van der Waals surface area contributed by atoms with Crippen LogP contribution in [0.2, 0.25) is 0 Å². The first-order valence-corrected chi connectivity index (χ1v) is 16.8. The van der Waals surface area contributed by atoms with Gasteiger partial charge in [-0.05, 0) is 63.1 Å². The molecule has 0 bridgehead atoms. The van der Waals surface area contributed by atoms with E-state index in [2.05, 4.69) is 31.2 Å². The first-order valence-electron chi connectivity index (χ1n) is 16.8. The molecule has 0 amide bonds. The van der Waals surface area contributed by atoms with Crippen LogP contribution >= 0.6 is 0 Å². The summed E-state index contributed by atoms with van der Waals surface area (Å²) in [7, 11) is 0. The van der Waals surface area contributed by atoms with E-state index >= 15 is 0 Å². The number of unbranched alkanes of at least 4 members (excludes halogenated alkanes) is 8. The lowest BCUT2D eigenvalue weighted by Crippen LogP contribution is -2.47. The molecule has 2 atom stereocenters. The first-order chi connectivity index (χ1) is 21.9. The molecule has 45 heavy (non-hydrogen) atoms. The Balaban J connectivity index is 1.20. The molecule has 2 aromatic heterocycles. The molecule has 4 heterocycles. The highest BCUT2D eigenvalue weighted by Gasteiger charge is 2.50. The third kappa shape index (κ3) is 7.04. The Hall–Kier alpha value is -3.84. The SMILES string of the molecule is CCCCC/C=C\C/C=C\CCCCCCCC(=O)C1OC(=O)[C@](O)(CC)c2cc3n(c(=O)c21)Cc1cc2ccccc2nc1-3. The number of aliphatic hydroxyl groups is 1. The fraction of sp³-hybridized carbons (Fsp3) is 0.474. The van der Waals surface area contributed by atoms with Gasteiger partial charge in [-0.2, -0.15) is 0 Å². The van der Waals surface area contributed by atoms with E-state index in [9.17, 15) is 19.5 Å². The number of benzene rings is 1. The third-order valence-corrected chi connectivity index (χ3v) is 9.16. The van der Waals surface area contributed by atoms with Crippen molar-refractivity contribution >= 4 is 22.7 Å². The second-order valence-corrected chi connectivity index (χ2v) is 12.4. The Morgan fingerprint density at radius 1 is 0.978 bits per heavy atom. The number of nitrogens with zero attached hydrogens (tertiary/aromatic N) is 2. The lowest BCUT2D eigenvalue weighted by Gasteiger charge is -2.35. The largest absolute Gasteiger partial charge is 0.447 e. The standard InChI is InChI=1S/C38H46N2O5/c1-3-5-6-7-8-9-10-11-12-13-14-15-16-17-18-23-32(41)35-33-29(38(44,4-2)37(43)45-35)25-31-34-28(26-40(31)36(33)42)24-27-21-19-20-22-30(27)39-34/h8-9,11-12,19-22,24-25,35,44H,3-7,10,13-18,23,26H2,1-2H3/b9-8-,12-11-/t35?,38-/m0/s1. The number of Topliss-reactive ketones (excluding diaryl/α,β-unsaturated/α-hetero) is 1. The summed E-state index contributed by atoms with van der Waals surface area (Å²) in [6, 6.07) is 11.4. The quantitative estimate of drug-likeness (QED) is 0.0784. The Morgan fingerprint density at radius 2 is 1.69 bits per heavy atom.